The Morgan fingerprint density at radius 3 is 2.20 bits per heavy atom. The van der Waals surface area contributed by atoms with Gasteiger partial charge in [0.1, 0.15) is 0 Å². The first-order valence-corrected chi connectivity index (χ1v) is 8.59. The average molecular weight is 337 g/mol. The molecule has 0 atom stereocenters. The van der Waals surface area contributed by atoms with E-state index in [2.05, 4.69) is 29.2 Å². The van der Waals surface area contributed by atoms with Crippen LogP contribution in [0.5, 0.6) is 0 Å². The number of hydrogen-bond acceptors (Lipinski definition) is 3. The van der Waals surface area contributed by atoms with Gasteiger partial charge in [-0.2, -0.15) is 0 Å². The molecule has 1 fully saturated rings. The van der Waals surface area contributed by atoms with Crippen LogP contribution in [-0.2, 0) is 6.54 Å². The summed E-state index contributed by atoms with van der Waals surface area (Å²) in [5.74, 6) is -0.470. The number of primary amides is 1. The Morgan fingerprint density at radius 1 is 0.840 bits per heavy atom. The molecule has 1 saturated heterocycles. The first kappa shape index (κ1) is 17.2. The molecule has 1 aliphatic rings. The Morgan fingerprint density at radius 2 is 1.52 bits per heavy atom. The summed E-state index contributed by atoms with van der Waals surface area (Å²) < 4.78 is 0. The third-order valence-corrected chi connectivity index (χ3v) is 4.54. The fraction of sp³-hybridized carbons (Fsp3) is 0.300. The summed E-state index contributed by atoms with van der Waals surface area (Å²) >= 11 is 0. The lowest BCUT2D eigenvalue weighted by atomic mass is 10.1. The Bertz CT molecular complexity index is 728. The van der Waals surface area contributed by atoms with Gasteiger partial charge in [-0.25, -0.2) is 0 Å². The highest BCUT2D eigenvalue weighted by atomic mass is 16.2. The van der Waals surface area contributed by atoms with E-state index in [-0.39, 0.29) is 5.91 Å². The topological polar surface area (TPSA) is 66.6 Å². The van der Waals surface area contributed by atoms with Gasteiger partial charge in [0.25, 0.3) is 5.91 Å². The molecule has 2 aromatic rings. The number of benzene rings is 2. The monoisotopic (exact) mass is 337 g/mol. The van der Waals surface area contributed by atoms with Crippen molar-refractivity contribution in [1.82, 2.24) is 9.80 Å². The van der Waals surface area contributed by atoms with Gasteiger partial charge in [-0.15, -0.1) is 0 Å². The predicted molar refractivity (Wildman–Crippen MR) is 97.2 cm³/mol. The van der Waals surface area contributed by atoms with E-state index in [1.165, 1.54) is 5.56 Å². The zero-order valence-corrected chi connectivity index (χ0v) is 14.2. The lowest BCUT2D eigenvalue weighted by Crippen LogP contribution is -2.35. The molecule has 130 valence electrons. The number of carbonyl (C=O) groups excluding carboxylic acids is 2. The summed E-state index contributed by atoms with van der Waals surface area (Å²) in [7, 11) is 0. The molecule has 5 heteroatoms. The summed E-state index contributed by atoms with van der Waals surface area (Å²) in [6, 6.07) is 17.0. The van der Waals surface area contributed by atoms with Crippen molar-refractivity contribution < 1.29 is 9.59 Å². The molecule has 0 saturated carbocycles. The number of hydrogen-bond donors (Lipinski definition) is 1. The number of rotatable bonds is 4. The van der Waals surface area contributed by atoms with Crippen LogP contribution in [0.3, 0.4) is 0 Å². The fourth-order valence-corrected chi connectivity index (χ4v) is 3.13. The molecule has 0 spiro atoms. The van der Waals surface area contributed by atoms with Crippen LogP contribution in [0.4, 0.5) is 0 Å². The standard InChI is InChI=1S/C20H23N3O2/c21-19(24)17-7-9-18(10-8-17)20(25)23-12-4-11-22(13-14-23)15-16-5-2-1-3-6-16/h1-3,5-10H,4,11-15H2,(H2,21,24). The van der Waals surface area contributed by atoms with Crippen molar-refractivity contribution in [2.45, 2.75) is 13.0 Å². The summed E-state index contributed by atoms with van der Waals surface area (Å²) in [6.07, 6.45) is 0.956. The van der Waals surface area contributed by atoms with Crippen molar-refractivity contribution in [3.63, 3.8) is 0 Å². The molecule has 2 amide bonds. The molecular formula is C20H23N3O2. The van der Waals surface area contributed by atoms with Crippen LogP contribution < -0.4 is 5.73 Å². The zero-order chi connectivity index (χ0) is 17.6. The van der Waals surface area contributed by atoms with E-state index in [1.807, 2.05) is 11.0 Å². The number of amides is 2. The normalized spacial score (nSPS) is 15.6. The summed E-state index contributed by atoms with van der Waals surface area (Å²) in [5.41, 5.74) is 7.55. The second-order valence-electron chi connectivity index (χ2n) is 6.35. The first-order chi connectivity index (χ1) is 12.1. The molecule has 1 heterocycles. The van der Waals surface area contributed by atoms with Crippen molar-refractivity contribution >= 4 is 11.8 Å². The Balaban J connectivity index is 1.60. The van der Waals surface area contributed by atoms with Crippen LogP contribution in [0.1, 0.15) is 32.7 Å². The highest BCUT2D eigenvalue weighted by Crippen LogP contribution is 2.13. The van der Waals surface area contributed by atoms with Crippen molar-refractivity contribution in [3.8, 4) is 0 Å². The number of nitrogens with zero attached hydrogens (tertiary/aromatic N) is 2. The van der Waals surface area contributed by atoms with Gasteiger partial charge in [0.05, 0.1) is 0 Å². The molecule has 25 heavy (non-hydrogen) atoms. The van der Waals surface area contributed by atoms with Crippen LogP contribution in [0.15, 0.2) is 54.6 Å². The van der Waals surface area contributed by atoms with Crippen LogP contribution in [-0.4, -0.2) is 47.8 Å². The maximum atomic E-state index is 12.7. The van der Waals surface area contributed by atoms with Gasteiger partial charge in [0.15, 0.2) is 0 Å². The van der Waals surface area contributed by atoms with Crippen molar-refractivity contribution in [3.05, 3.63) is 71.3 Å². The maximum absolute atomic E-state index is 12.7. The van der Waals surface area contributed by atoms with Gasteiger partial charge in [0, 0.05) is 43.9 Å². The Labute approximate surface area is 148 Å². The number of carbonyl (C=O) groups is 2. The van der Waals surface area contributed by atoms with E-state index in [0.29, 0.717) is 17.7 Å². The lowest BCUT2D eigenvalue weighted by Gasteiger charge is -2.22. The molecule has 3 rings (SSSR count). The van der Waals surface area contributed by atoms with Crippen molar-refractivity contribution in [2.75, 3.05) is 26.2 Å². The second kappa shape index (κ2) is 7.94. The highest BCUT2D eigenvalue weighted by Gasteiger charge is 2.20. The summed E-state index contributed by atoms with van der Waals surface area (Å²) in [4.78, 5) is 28.1. The Hall–Kier alpha value is -2.66. The first-order valence-electron chi connectivity index (χ1n) is 8.59. The minimum absolute atomic E-state index is 0.0116. The molecule has 5 nitrogen and oxygen atoms in total. The van der Waals surface area contributed by atoms with Gasteiger partial charge >= 0.3 is 0 Å². The third-order valence-electron chi connectivity index (χ3n) is 4.54. The minimum atomic E-state index is -0.481. The highest BCUT2D eigenvalue weighted by molar-refractivity contribution is 5.97. The van der Waals surface area contributed by atoms with Gasteiger partial charge in [-0.3, -0.25) is 14.5 Å². The molecule has 0 aliphatic carbocycles. The van der Waals surface area contributed by atoms with Crippen LogP contribution in [0.2, 0.25) is 0 Å². The molecule has 0 unspecified atom stereocenters. The SMILES string of the molecule is NC(=O)c1ccc(C(=O)N2CCCN(Cc3ccccc3)CC2)cc1. The molecule has 0 radical (unpaired) electrons. The van der Waals surface area contributed by atoms with E-state index in [4.69, 9.17) is 5.73 Å². The number of nitrogens with two attached hydrogens (primary N) is 1. The molecule has 0 aromatic heterocycles. The summed E-state index contributed by atoms with van der Waals surface area (Å²) in [5, 5.41) is 0. The molecule has 2 aromatic carbocycles. The van der Waals surface area contributed by atoms with Gasteiger partial charge in [-0.1, -0.05) is 30.3 Å². The molecule has 0 bridgehead atoms. The quantitative estimate of drug-likeness (QED) is 0.929. The maximum Gasteiger partial charge on any atom is 0.253 e. The van der Waals surface area contributed by atoms with Gasteiger partial charge < -0.3 is 10.6 Å². The van der Waals surface area contributed by atoms with Crippen molar-refractivity contribution in [1.29, 1.82) is 0 Å². The van der Waals surface area contributed by atoms with Crippen molar-refractivity contribution in [2.24, 2.45) is 5.73 Å². The molecular weight excluding hydrogens is 314 g/mol. The third kappa shape index (κ3) is 4.45. The smallest absolute Gasteiger partial charge is 0.253 e. The Kier molecular flexibility index (Phi) is 5.46. The fourth-order valence-electron chi connectivity index (χ4n) is 3.13. The molecule has 2 N–H and O–H groups in total. The van der Waals surface area contributed by atoms with Crippen LogP contribution in [0, 0.1) is 0 Å². The van der Waals surface area contributed by atoms with Crippen LogP contribution in [0.25, 0.3) is 0 Å². The van der Waals surface area contributed by atoms with E-state index in [9.17, 15) is 9.59 Å². The predicted octanol–water partition coefficient (Wildman–Crippen LogP) is 2.13. The van der Waals surface area contributed by atoms with Gasteiger partial charge in [0.2, 0.25) is 5.91 Å². The van der Waals surface area contributed by atoms with E-state index in [1.54, 1.807) is 24.3 Å². The van der Waals surface area contributed by atoms with E-state index < -0.39 is 5.91 Å². The molecule has 1 aliphatic heterocycles. The van der Waals surface area contributed by atoms with Crippen LogP contribution >= 0.6 is 0 Å². The van der Waals surface area contributed by atoms with E-state index >= 15 is 0 Å². The zero-order valence-electron chi connectivity index (χ0n) is 14.2. The largest absolute Gasteiger partial charge is 0.366 e. The van der Waals surface area contributed by atoms with Gasteiger partial charge in [-0.05, 0) is 36.2 Å². The lowest BCUT2D eigenvalue weighted by molar-refractivity contribution is 0.0760. The second-order valence-corrected chi connectivity index (χ2v) is 6.35. The van der Waals surface area contributed by atoms with E-state index in [0.717, 1.165) is 32.6 Å². The minimum Gasteiger partial charge on any atom is -0.366 e. The summed E-state index contributed by atoms with van der Waals surface area (Å²) in [6.45, 7) is 4.22. The average Bonchev–Trinajstić information content (AvgIpc) is 2.88.